The van der Waals surface area contributed by atoms with E-state index in [1.54, 1.807) is 41.5 Å². The average molecular weight is 302 g/mol. The number of rotatable bonds is 4. The molecule has 0 aliphatic carbocycles. The molecule has 0 heterocycles. The number of carboxylic acids is 1. The molecule has 122 valence electrons. The number of hydrogen-bond donors (Lipinski definition) is 3. The van der Waals surface area contributed by atoms with Gasteiger partial charge in [-0.1, -0.05) is 20.8 Å². The van der Waals surface area contributed by atoms with Gasteiger partial charge in [-0.3, -0.25) is 9.59 Å². The monoisotopic (exact) mass is 302 g/mol. The first-order valence-corrected chi connectivity index (χ1v) is 6.76. The van der Waals surface area contributed by atoms with Gasteiger partial charge in [-0.25, -0.2) is 4.79 Å². The van der Waals surface area contributed by atoms with Gasteiger partial charge in [-0.05, 0) is 33.1 Å². The fourth-order valence-electron chi connectivity index (χ4n) is 1.46. The quantitative estimate of drug-likeness (QED) is 0.730. The normalized spacial score (nSPS) is 14.8. The summed E-state index contributed by atoms with van der Waals surface area (Å²) < 4.78 is 5.12. The van der Waals surface area contributed by atoms with Gasteiger partial charge in [0.1, 0.15) is 17.7 Å². The van der Waals surface area contributed by atoms with Crippen LogP contribution in [0.15, 0.2) is 0 Å². The predicted octanol–water partition coefficient (Wildman–Crippen LogP) is 1.52. The second-order valence-electron chi connectivity index (χ2n) is 7.01. The van der Waals surface area contributed by atoms with Crippen molar-refractivity contribution in [1.29, 1.82) is 0 Å². The van der Waals surface area contributed by atoms with E-state index in [0.29, 0.717) is 0 Å². The Hall–Kier alpha value is -1.79. The minimum atomic E-state index is -1.15. The molecular weight excluding hydrogens is 276 g/mol. The van der Waals surface area contributed by atoms with Crippen molar-refractivity contribution in [3.63, 3.8) is 0 Å². The Bertz CT molecular complexity index is 407. The van der Waals surface area contributed by atoms with Gasteiger partial charge < -0.3 is 20.5 Å². The first-order valence-electron chi connectivity index (χ1n) is 6.76. The molecule has 3 N–H and O–H groups in total. The van der Waals surface area contributed by atoms with E-state index in [9.17, 15) is 14.4 Å². The number of alkyl carbamates (subject to hydrolysis) is 1. The van der Waals surface area contributed by atoms with Crippen LogP contribution in [0.4, 0.5) is 4.79 Å². The van der Waals surface area contributed by atoms with Gasteiger partial charge in [0.2, 0.25) is 5.91 Å². The maximum Gasteiger partial charge on any atom is 0.408 e. The van der Waals surface area contributed by atoms with E-state index in [2.05, 4.69) is 10.6 Å². The highest BCUT2D eigenvalue weighted by molar-refractivity contribution is 5.89. The molecule has 0 fully saturated rings. The molecule has 21 heavy (non-hydrogen) atoms. The first-order chi connectivity index (χ1) is 9.24. The molecule has 0 aromatic heterocycles. The molecule has 7 heteroatoms. The van der Waals surface area contributed by atoms with E-state index in [1.807, 2.05) is 0 Å². The van der Waals surface area contributed by atoms with Gasteiger partial charge in [0.25, 0.3) is 0 Å². The summed E-state index contributed by atoms with van der Waals surface area (Å²) in [6.07, 6.45) is -0.722. The summed E-state index contributed by atoms with van der Waals surface area (Å²) in [5.41, 5.74) is -1.28. The van der Waals surface area contributed by atoms with Gasteiger partial charge in [0.15, 0.2) is 0 Å². The molecule has 0 saturated carbocycles. The minimum Gasteiger partial charge on any atom is -0.480 e. The van der Waals surface area contributed by atoms with Crippen LogP contribution in [0.1, 0.15) is 48.5 Å². The summed E-state index contributed by atoms with van der Waals surface area (Å²) in [5.74, 6) is -1.71. The number of amides is 2. The van der Waals surface area contributed by atoms with Gasteiger partial charge in [-0.2, -0.15) is 0 Å². The van der Waals surface area contributed by atoms with Crippen LogP contribution < -0.4 is 10.6 Å². The maximum absolute atomic E-state index is 12.2. The van der Waals surface area contributed by atoms with Crippen LogP contribution in [0, 0.1) is 5.41 Å². The van der Waals surface area contributed by atoms with E-state index in [-0.39, 0.29) is 0 Å². The number of carboxylic acid groups (broad SMARTS) is 1. The van der Waals surface area contributed by atoms with Crippen LogP contribution in [-0.4, -0.2) is 40.8 Å². The van der Waals surface area contributed by atoms with Crippen molar-refractivity contribution in [3.05, 3.63) is 0 Å². The van der Waals surface area contributed by atoms with Gasteiger partial charge >= 0.3 is 12.1 Å². The van der Waals surface area contributed by atoms with Gasteiger partial charge in [-0.15, -0.1) is 0 Å². The molecule has 0 bridgehead atoms. The molecular formula is C14H26N2O5. The number of ether oxygens (including phenoxy) is 1. The van der Waals surface area contributed by atoms with E-state index in [0.717, 1.165) is 0 Å². The average Bonchev–Trinajstić information content (AvgIpc) is 2.21. The maximum atomic E-state index is 12.2. The highest BCUT2D eigenvalue weighted by atomic mass is 16.6. The Morgan fingerprint density at radius 2 is 1.48 bits per heavy atom. The third kappa shape index (κ3) is 7.53. The zero-order valence-electron chi connectivity index (χ0n) is 13.7. The van der Waals surface area contributed by atoms with Crippen LogP contribution >= 0.6 is 0 Å². The molecule has 2 atom stereocenters. The lowest BCUT2D eigenvalue weighted by Crippen LogP contribution is -2.56. The van der Waals surface area contributed by atoms with E-state index in [1.165, 1.54) is 6.92 Å². The van der Waals surface area contributed by atoms with Crippen molar-refractivity contribution in [1.82, 2.24) is 10.6 Å². The molecule has 0 spiro atoms. The fraction of sp³-hybridized carbons (Fsp3) is 0.786. The molecule has 0 rings (SSSR count). The lowest BCUT2D eigenvalue weighted by molar-refractivity contribution is -0.142. The molecule has 0 aromatic rings. The standard InChI is InChI=1S/C14H26N2O5/c1-8(11(18)19)15-10(17)9(13(2,3)4)16-12(20)21-14(5,6)7/h8-9H,1-7H3,(H,15,17)(H,16,20)(H,18,19)/t8-,9+/m0/s1. The number of carbonyl (C=O) groups excluding carboxylic acids is 2. The Balaban J connectivity index is 4.95. The molecule has 0 saturated heterocycles. The van der Waals surface area contributed by atoms with Crippen LogP contribution in [0.3, 0.4) is 0 Å². The Kier molecular flexibility index (Phi) is 6.20. The molecule has 0 aliphatic rings. The van der Waals surface area contributed by atoms with E-state index in [4.69, 9.17) is 9.84 Å². The van der Waals surface area contributed by atoms with Crippen molar-refractivity contribution < 1.29 is 24.2 Å². The smallest absolute Gasteiger partial charge is 0.408 e. The van der Waals surface area contributed by atoms with Crippen molar-refractivity contribution in [2.24, 2.45) is 5.41 Å². The topological polar surface area (TPSA) is 105 Å². The molecule has 0 radical (unpaired) electrons. The van der Waals surface area contributed by atoms with Crippen molar-refractivity contribution >= 4 is 18.0 Å². The summed E-state index contributed by atoms with van der Waals surface area (Å²) in [7, 11) is 0. The largest absolute Gasteiger partial charge is 0.480 e. The number of nitrogens with one attached hydrogen (secondary N) is 2. The summed E-state index contributed by atoms with van der Waals surface area (Å²) in [5, 5.41) is 13.7. The fourth-order valence-corrected chi connectivity index (χ4v) is 1.46. The molecule has 2 amide bonds. The van der Waals surface area contributed by atoms with Crippen molar-refractivity contribution in [2.75, 3.05) is 0 Å². The van der Waals surface area contributed by atoms with E-state index >= 15 is 0 Å². The predicted molar refractivity (Wildman–Crippen MR) is 77.9 cm³/mol. The number of hydrogen-bond acceptors (Lipinski definition) is 4. The zero-order chi connectivity index (χ0) is 17.0. The summed E-state index contributed by atoms with van der Waals surface area (Å²) in [4.78, 5) is 34.8. The van der Waals surface area contributed by atoms with Crippen LogP contribution in [0.25, 0.3) is 0 Å². The minimum absolute atomic E-state index is 0.566. The Morgan fingerprint density at radius 3 is 1.81 bits per heavy atom. The van der Waals surface area contributed by atoms with Crippen molar-refractivity contribution in [3.8, 4) is 0 Å². The third-order valence-electron chi connectivity index (χ3n) is 2.52. The second kappa shape index (κ2) is 6.78. The number of aliphatic carboxylic acids is 1. The van der Waals surface area contributed by atoms with Crippen LogP contribution in [0.2, 0.25) is 0 Å². The second-order valence-corrected chi connectivity index (χ2v) is 7.01. The van der Waals surface area contributed by atoms with Crippen molar-refractivity contribution in [2.45, 2.75) is 66.2 Å². The Morgan fingerprint density at radius 1 is 1.00 bits per heavy atom. The van der Waals surface area contributed by atoms with Crippen LogP contribution in [-0.2, 0) is 14.3 Å². The molecule has 7 nitrogen and oxygen atoms in total. The SMILES string of the molecule is C[C@H](NC(=O)[C@@H](NC(=O)OC(C)(C)C)C(C)(C)C)C(=O)O. The first kappa shape index (κ1) is 19.2. The zero-order valence-corrected chi connectivity index (χ0v) is 13.7. The molecule has 0 aromatic carbocycles. The third-order valence-corrected chi connectivity index (χ3v) is 2.52. The van der Waals surface area contributed by atoms with Crippen LogP contribution in [0.5, 0.6) is 0 Å². The van der Waals surface area contributed by atoms with E-state index < -0.39 is 41.1 Å². The lowest BCUT2D eigenvalue weighted by atomic mass is 9.86. The summed E-state index contributed by atoms with van der Waals surface area (Å²) >= 11 is 0. The lowest BCUT2D eigenvalue weighted by Gasteiger charge is -2.31. The highest BCUT2D eigenvalue weighted by Gasteiger charge is 2.35. The Labute approximate surface area is 125 Å². The molecule has 0 unspecified atom stereocenters. The van der Waals surface area contributed by atoms with Gasteiger partial charge in [0.05, 0.1) is 0 Å². The summed E-state index contributed by atoms with van der Waals surface area (Å²) in [6.45, 7) is 11.8. The number of carbonyl (C=O) groups is 3. The molecule has 0 aliphatic heterocycles. The summed E-state index contributed by atoms with van der Waals surface area (Å²) in [6, 6.07) is -1.95. The van der Waals surface area contributed by atoms with Gasteiger partial charge in [0, 0.05) is 0 Å². The highest BCUT2D eigenvalue weighted by Crippen LogP contribution is 2.20.